The quantitative estimate of drug-likeness (QED) is 0.727. The van der Waals surface area contributed by atoms with E-state index in [0.29, 0.717) is 0 Å². The molecule has 0 unspecified atom stereocenters. The Balaban J connectivity index is 3.15. The standard InChI is InChI=1S/C11H12INO6/c1-7(15)13-11(16)9-6-8(19-5-4-14)2-3-10(9)12(17)18/h2-3,6,14H,4-5H2,1H3,(H,13,15,16). The monoisotopic (exact) mass is 381 g/mol. The van der Waals surface area contributed by atoms with Crippen molar-refractivity contribution >= 4 is 31.6 Å². The molecule has 0 spiro atoms. The number of aliphatic hydroxyl groups excluding tert-OH is 1. The number of imide groups is 1. The summed E-state index contributed by atoms with van der Waals surface area (Å²) in [5.74, 6) is -1.15. The zero-order chi connectivity index (χ0) is 14.4. The molecule has 0 saturated carbocycles. The highest BCUT2D eigenvalue weighted by molar-refractivity contribution is 14.2. The van der Waals surface area contributed by atoms with Crippen LogP contribution in [0.15, 0.2) is 18.2 Å². The number of amides is 2. The molecule has 0 aliphatic rings. The minimum Gasteiger partial charge on any atom is -0.491 e. The Kier molecular flexibility index (Phi) is 5.83. The molecule has 1 rings (SSSR count). The predicted octanol–water partition coefficient (Wildman–Crippen LogP) is 0.701. The molecule has 0 aliphatic heterocycles. The van der Waals surface area contributed by atoms with Crippen LogP contribution in [0.3, 0.4) is 0 Å². The summed E-state index contributed by atoms with van der Waals surface area (Å²) >= 11 is -3.87. The zero-order valence-electron chi connectivity index (χ0n) is 10.0. The fourth-order valence-electron chi connectivity index (χ4n) is 1.29. The second-order valence-electron chi connectivity index (χ2n) is 3.44. The molecular weight excluding hydrogens is 369 g/mol. The topological polar surface area (TPSA) is 110 Å². The number of aliphatic hydroxyl groups is 1. The lowest BCUT2D eigenvalue weighted by atomic mass is 10.2. The van der Waals surface area contributed by atoms with Crippen LogP contribution in [0.2, 0.25) is 0 Å². The minimum atomic E-state index is -3.87. The van der Waals surface area contributed by atoms with Crippen LogP contribution in [0.25, 0.3) is 0 Å². The number of benzene rings is 1. The van der Waals surface area contributed by atoms with Crippen molar-refractivity contribution in [1.29, 1.82) is 0 Å². The number of nitrogens with one attached hydrogen (secondary N) is 1. The highest BCUT2D eigenvalue weighted by atomic mass is 127. The first-order valence-corrected chi connectivity index (χ1v) is 8.04. The Labute approximate surface area is 116 Å². The van der Waals surface area contributed by atoms with Crippen LogP contribution in [0.1, 0.15) is 17.3 Å². The first-order valence-electron chi connectivity index (χ1n) is 5.20. The van der Waals surface area contributed by atoms with Crippen LogP contribution >= 0.6 is 19.8 Å². The fraction of sp³-hybridized carbons (Fsp3) is 0.273. The predicted molar refractivity (Wildman–Crippen MR) is 71.3 cm³/mol. The molecule has 0 saturated heterocycles. The lowest BCUT2D eigenvalue weighted by Gasteiger charge is -2.08. The Hall–Kier alpha value is -1.55. The maximum Gasteiger partial charge on any atom is 0.341 e. The van der Waals surface area contributed by atoms with Crippen LogP contribution in [0.4, 0.5) is 0 Å². The maximum absolute atomic E-state index is 11.7. The van der Waals surface area contributed by atoms with E-state index in [0.717, 1.165) is 6.92 Å². The van der Waals surface area contributed by atoms with Gasteiger partial charge in [0.1, 0.15) is 12.4 Å². The third-order valence-corrected chi connectivity index (χ3v) is 3.89. The van der Waals surface area contributed by atoms with E-state index in [1.54, 1.807) is 0 Å². The van der Waals surface area contributed by atoms with E-state index in [-0.39, 0.29) is 28.1 Å². The Bertz CT molecular complexity index is 558. The van der Waals surface area contributed by atoms with Crippen molar-refractivity contribution in [3.8, 4) is 5.75 Å². The van der Waals surface area contributed by atoms with E-state index >= 15 is 0 Å². The van der Waals surface area contributed by atoms with Crippen molar-refractivity contribution in [2.75, 3.05) is 13.2 Å². The van der Waals surface area contributed by atoms with E-state index in [9.17, 15) is 15.7 Å². The van der Waals surface area contributed by atoms with Crippen LogP contribution in [0, 0.1) is 3.57 Å². The van der Waals surface area contributed by atoms with E-state index in [2.05, 4.69) is 0 Å². The summed E-state index contributed by atoms with van der Waals surface area (Å²) in [5, 5.41) is 10.6. The van der Waals surface area contributed by atoms with E-state index in [1.165, 1.54) is 18.2 Å². The van der Waals surface area contributed by atoms with E-state index in [4.69, 9.17) is 9.84 Å². The molecule has 7 nitrogen and oxygen atoms in total. The lowest BCUT2D eigenvalue weighted by Crippen LogP contribution is -2.28. The number of hydrogen-bond acceptors (Lipinski definition) is 6. The molecule has 2 N–H and O–H groups in total. The Morgan fingerprint density at radius 2 is 2.05 bits per heavy atom. The van der Waals surface area contributed by atoms with Gasteiger partial charge in [0.25, 0.3) is 5.91 Å². The second kappa shape index (κ2) is 7.14. The Morgan fingerprint density at radius 3 is 2.58 bits per heavy atom. The molecule has 1 aromatic rings. The number of rotatable bonds is 5. The number of hydrogen-bond donors (Lipinski definition) is 2. The molecule has 104 valence electrons. The maximum atomic E-state index is 11.7. The van der Waals surface area contributed by atoms with Gasteiger partial charge in [-0.1, -0.05) is 0 Å². The van der Waals surface area contributed by atoms with Gasteiger partial charge in [-0.05, 0) is 18.2 Å². The van der Waals surface area contributed by atoms with Crippen molar-refractivity contribution in [3.63, 3.8) is 0 Å². The van der Waals surface area contributed by atoms with Crippen molar-refractivity contribution in [3.05, 3.63) is 27.3 Å². The summed E-state index contributed by atoms with van der Waals surface area (Å²) in [7, 11) is 0. The van der Waals surface area contributed by atoms with Crippen molar-refractivity contribution in [1.82, 2.24) is 5.32 Å². The van der Waals surface area contributed by atoms with Gasteiger partial charge in [0, 0.05) is 6.92 Å². The van der Waals surface area contributed by atoms with Gasteiger partial charge < -0.3 is 9.84 Å². The summed E-state index contributed by atoms with van der Waals surface area (Å²) in [5.41, 5.74) is -0.138. The summed E-state index contributed by atoms with van der Waals surface area (Å²) < 4.78 is 27.2. The molecule has 0 atom stereocenters. The number of carbonyl (C=O) groups is 2. The first kappa shape index (κ1) is 15.5. The first-order chi connectivity index (χ1) is 8.95. The molecule has 0 heterocycles. The molecule has 19 heavy (non-hydrogen) atoms. The Morgan fingerprint density at radius 1 is 1.37 bits per heavy atom. The van der Waals surface area contributed by atoms with Crippen molar-refractivity contribution < 1.29 is 25.6 Å². The highest BCUT2D eigenvalue weighted by Crippen LogP contribution is 2.25. The molecule has 0 fully saturated rings. The van der Waals surface area contributed by atoms with Gasteiger partial charge in [0.05, 0.1) is 15.7 Å². The van der Waals surface area contributed by atoms with Crippen LogP contribution in [-0.2, 0) is 10.9 Å². The van der Waals surface area contributed by atoms with Crippen LogP contribution in [-0.4, -0.2) is 30.1 Å². The van der Waals surface area contributed by atoms with Gasteiger partial charge in [0.15, 0.2) is 0 Å². The fourth-order valence-corrected chi connectivity index (χ4v) is 2.64. The van der Waals surface area contributed by atoms with Crippen LogP contribution < -0.4 is 10.1 Å². The molecule has 0 bridgehead atoms. The summed E-state index contributed by atoms with van der Waals surface area (Å²) in [6, 6.07) is 3.85. The summed E-state index contributed by atoms with van der Waals surface area (Å²) in [4.78, 5) is 22.5. The second-order valence-corrected chi connectivity index (χ2v) is 5.84. The molecule has 8 heteroatoms. The lowest BCUT2D eigenvalue weighted by molar-refractivity contribution is -0.118. The normalized spacial score (nSPS) is 10.3. The largest absolute Gasteiger partial charge is 0.491 e. The van der Waals surface area contributed by atoms with E-state index < -0.39 is 31.6 Å². The van der Waals surface area contributed by atoms with Gasteiger partial charge >= 0.3 is 19.8 Å². The average Bonchev–Trinajstić information content (AvgIpc) is 2.35. The van der Waals surface area contributed by atoms with Crippen molar-refractivity contribution in [2.45, 2.75) is 6.92 Å². The van der Waals surface area contributed by atoms with Crippen LogP contribution in [0.5, 0.6) is 5.75 Å². The van der Waals surface area contributed by atoms with Gasteiger partial charge in [-0.2, -0.15) is 0 Å². The number of halogens is 1. The zero-order valence-corrected chi connectivity index (χ0v) is 12.2. The molecule has 2 amide bonds. The summed E-state index contributed by atoms with van der Waals surface area (Å²) in [6.07, 6.45) is 0. The minimum absolute atomic E-state index is 0.0180. The molecule has 0 aliphatic carbocycles. The third-order valence-electron chi connectivity index (χ3n) is 2.00. The van der Waals surface area contributed by atoms with Gasteiger partial charge in [-0.3, -0.25) is 14.9 Å². The highest BCUT2D eigenvalue weighted by Gasteiger charge is 2.17. The molecule has 1 aromatic carbocycles. The van der Waals surface area contributed by atoms with E-state index in [1.807, 2.05) is 5.32 Å². The third kappa shape index (κ3) is 4.56. The van der Waals surface area contributed by atoms with Gasteiger partial charge in [-0.25, -0.2) is 6.14 Å². The van der Waals surface area contributed by atoms with Gasteiger partial charge in [0.2, 0.25) is 5.91 Å². The SMILES string of the molecule is CC(=O)NC(=O)c1cc(OCCO)ccc1I(=O)=O. The molecule has 0 aromatic heterocycles. The summed E-state index contributed by atoms with van der Waals surface area (Å²) in [6.45, 7) is 0.955. The smallest absolute Gasteiger partial charge is 0.341 e. The number of carbonyl (C=O) groups excluding carboxylic acids is 2. The average molecular weight is 381 g/mol. The van der Waals surface area contributed by atoms with Gasteiger partial charge in [-0.15, -0.1) is 0 Å². The number of ether oxygens (including phenoxy) is 1. The molecular formula is C11H12INO6. The molecule has 0 radical (unpaired) electrons. The van der Waals surface area contributed by atoms with Crippen molar-refractivity contribution in [2.24, 2.45) is 0 Å².